The van der Waals surface area contributed by atoms with E-state index in [4.69, 9.17) is 4.52 Å². The van der Waals surface area contributed by atoms with Crippen molar-refractivity contribution >= 4 is 33.7 Å². The molecule has 0 aliphatic rings. The molecule has 0 aliphatic heterocycles. The topological polar surface area (TPSA) is 93.8 Å². The van der Waals surface area contributed by atoms with Crippen LogP contribution in [0.2, 0.25) is 0 Å². The van der Waals surface area contributed by atoms with Crippen LogP contribution in [0.4, 0.5) is 5.13 Å². The maximum Gasteiger partial charge on any atom is 0.227 e. The molecular formula is C17H13N5O2S2. The van der Waals surface area contributed by atoms with Gasteiger partial charge in [-0.25, -0.2) is 4.98 Å². The molecule has 0 aromatic carbocycles. The Labute approximate surface area is 156 Å². The molecule has 4 rings (SSSR count). The number of hydrogen-bond donors (Lipinski definition) is 1. The number of aryl methyl sites for hydroxylation is 1. The Morgan fingerprint density at radius 2 is 2.04 bits per heavy atom. The number of nitrogens with zero attached hydrogens (tertiary/aromatic N) is 4. The van der Waals surface area contributed by atoms with Gasteiger partial charge in [-0.3, -0.25) is 9.78 Å². The Morgan fingerprint density at radius 1 is 1.15 bits per heavy atom. The zero-order chi connectivity index (χ0) is 17.8. The predicted molar refractivity (Wildman–Crippen MR) is 99.9 cm³/mol. The summed E-state index contributed by atoms with van der Waals surface area (Å²) in [5.41, 5.74) is 1.70. The number of amides is 1. The van der Waals surface area contributed by atoms with Crippen LogP contribution in [0, 0.1) is 0 Å². The summed E-state index contributed by atoms with van der Waals surface area (Å²) in [7, 11) is 0. The van der Waals surface area contributed by atoms with E-state index in [-0.39, 0.29) is 12.3 Å². The van der Waals surface area contributed by atoms with Crippen LogP contribution in [0.25, 0.3) is 22.0 Å². The van der Waals surface area contributed by atoms with E-state index in [2.05, 4.69) is 25.4 Å². The number of anilines is 1. The van der Waals surface area contributed by atoms with Crippen LogP contribution in [0.15, 0.2) is 51.9 Å². The third-order valence-electron chi connectivity index (χ3n) is 3.50. The fourth-order valence-electron chi connectivity index (χ4n) is 2.25. The van der Waals surface area contributed by atoms with Crippen LogP contribution in [0.5, 0.6) is 0 Å². The standard InChI is InChI=1S/C17H13N5O2S2/c23-14(20-17-19-12(10-26-17)13-2-1-9-25-13)3-4-15-21-16(22-24-15)11-5-7-18-8-6-11/h1-2,5-10H,3-4H2,(H,19,20,23). The number of nitrogens with one attached hydrogen (secondary N) is 1. The average molecular weight is 383 g/mol. The smallest absolute Gasteiger partial charge is 0.227 e. The Morgan fingerprint density at radius 3 is 2.85 bits per heavy atom. The minimum atomic E-state index is -0.138. The van der Waals surface area contributed by atoms with E-state index >= 15 is 0 Å². The van der Waals surface area contributed by atoms with E-state index in [1.54, 1.807) is 35.9 Å². The number of hydrogen-bond acceptors (Lipinski definition) is 8. The van der Waals surface area contributed by atoms with Crippen LogP contribution in [-0.4, -0.2) is 26.0 Å². The maximum atomic E-state index is 12.1. The number of thiazole rings is 1. The van der Waals surface area contributed by atoms with Crippen LogP contribution in [0.3, 0.4) is 0 Å². The van der Waals surface area contributed by atoms with Gasteiger partial charge in [0.05, 0.1) is 10.6 Å². The van der Waals surface area contributed by atoms with Gasteiger partial charge in [0, 0.05) is 36.2 Å². The molecule has 7 nitrogen and oxygen atoms in total. The summed E-state index contributed by atoms with van der Waals surface area (Å²) in [4.78, 5) is 25.9. The van der Waals surface area contributed by atoms with Crippen molar-refractivity contribution < 1.29 is 9.32 Å². The largest absolute Gasteiger partial charge is 0.339 e. The molecule has 0 fully saturated rings. The van der Waals surface area contributed by atoms with Crippen LogP contribution >= 0.6 is 22.7 Å². The normalized spacial score (nSPS) is 10.8. The van der Waals surface area contributed by atoms with Gasteiger partial charge in [-0.15, -0.1) is 22.7 Å². The first-order valence-corrected chi connectivity index (χ1v) is 9.56. The Kier molecular flexibility index (Phi) is 4.80. The summed E-state index contributed by atoms with van der Waals surface area (Å²) in [6.45, 7) is 0. The van der Waals surface area contributed by atoms with E-state index in [1.807, 2.05) is 22.9 Å². The van der Waals surface area contributed by atoms with E-state index in [9.17, 15) is 4.79 Å². The second-order valence-electron chi connectivity index (χ2n) is 5.31. The lowest BCUT2D eigenvalue weighted by atomic mass is 10.2. The molecule has 130 valence electrons. The zero-order valence-electron chi connectivity index (χ0n) is 13.5. The van der Waals surface area contributed by atoms with Crippen LogP contribution < -0.4 is 5.32 Å². The molecule has 0 aliphatic carbocycles. The molecule has 0 atom stereocenters. The quantitative estimate of drug-likeness (QED) is 0.543. The highest BCUT2D eigenvalue weighted by atomic mass is 32.1. The fraction of sp³-hybridized carbons (Fsp3) is 0.118. The van der Waals surface area contributed by atoms with Crippen molar-refractivity contribution in [3.8, 4) is 22.0 Å². The Balaban J connectivity index is 1.32. The summed E-state index contributed by atoms with van der Waals surface area (Å²) >= 11 is 3.02. The minimum absolute atomic E-state index is 0.138. The first-order chi connectivity index (χ1) is 12.8. The minimum Gasteiger partial charge on any atom is -0.339 e. The van der Waals surface area contributed by atoms with Gasteiger partial charge in [0.1, 0.15) is 0 Å². The average Bonchev–Trinajstić information content (AvgIpc) is 3.41. The van der Waals surface area contributed by atoms with Crippen molar-refractivity contribution in [2.45, 2.75) is 12.8 Å². The molecule has 1 N–H and O–H groups in total. The lowest BCUT2D eigenvalue weighted by Crippen LogP contribution is -2.12. The van der Waals surface area contributed by atoms with Crippen molar-refractivity contribution in [2.75, 3.05) is 5.32 Å². The van der Waals surface area contributed by atoms with E-state index in [1.165, 1.54) is 11.3 Å². The van der Waals surface area contributed by atoms with E-state index in [0.717, 1.165) is 16.1 Å². The van der Waals surface area contributed by atoms with Gasteiger partial charge < -0.3 is 9.84 Å². The monoisotopic (exact) mass is 383 g/mol. The van der Waals surface area contributed by atoms with E-state index in [0.29, 0.717) is 23.3 Å². The van der Waals surface area contributed by atoms with Crippen molar-refractivity contribution in [3.63, 3.8) is 0 Å². The highest BCUT2D eigenvalue weighted by Gasteiger charge is 2.12. The molecular weight excluding hydrogens is 370 g/mol. The number of aromatic nitrogens is 4. The molecule has 4 aromatic rings. The molecule has 4 aromatic heterocycles. The maximum absolute atomic E-state index is 12.1. The lowest BCUT2D eigenvalue weighted by Gasteiger charge is -1.99. The molecule has 9 heteroatoms. The van der Waals surface area contributed by atoms with Gasteiger partial charge in [0.15, 0.2) is 5.13 Å². The van der Waals surface area contributed by atoms with Gasteiger partial charge in [0.25, 0.3) is 0 Å². The first kappa shape index (κ1) is 16.6. The second kappa shape index (κ2) is 7.54. The zero-order valence-corrected chi connectivity index (χ0v) is 15.1. The number of pyridine rings is 1. The van der Waals surface area contributed by atoms with E-state index < -0.39 is 0 Å². The van der Waals surface area contributed by atoms with Crippen LogP contribution in [0.1, 0.15) is 12.3 Å². The third-order valence-corrected chi connectivity index (χ3v) is 5.15. The van der Waals surface area contributed by atoms with Gasteiger partial charge in [-0.1, -0.05) is 11.2 Å². The van der Waals surface area contributed by atoms with Crippen molar-refractivity contribution in [3.05, 3.63) is 53.3 Å². The number of thiophene rings is 1. The molecule has 0 saturated carbocycles. The molecule has 0 unspecified atom stereocenters. The van der Waals surface area contributed by atoms with Crippen LogP contribution in [-0.2, 0) is 11.2 Å². The SMILES string of the molecule is O=C(CCc1nc(-c2ccncc2)no1)Nc1nc(-c2cccs2)cs1. The second-order valence-corrected chi connectivity index (χ2v) is 7.12. The first-order valence-electron chi connectivity index (χ1n) is 7.80. The predicted octanol–water partition coefficient (Wildman–Crippen LogP) is 3.89. The number of carbonyl (C=O) groups excluding carboxylic acids is 1. The lowest BCUT2D eigenvalue weighted by molar-refractivity contribution is -0.116. The number of rotatable bonds is 6. The summed E-state index contributed by atoms with van der Waals surface area (Å²) < 4.78 is 5.20. The Bertz CT molecular complexity index is 995. The van der Waals surface area contributed by atoms with Gasteiger partial charge in [-0.05, 0) is 23.6 Å². The molecule has 4 heterocycles. The molecule has 0 bridgehead atoms. The summed E-state index contributed by atoms with van der Waals surface area (Å²) in [6.07, 6.45) is 3.94. The highest BCUT2D eigenvalue weighted by molar-refractivity contribution is 7.16. The fourth-order valence-corrected chi connectivity index (χ4v) is 3.73. The summed E-state index contributed by atoms with van der Waals surface area (Å²) in [5.74, 6) is 0.773. The van der Waals surface area contributed by atoms with Gasteiger partial charge in [-0.2, -0.15) is 4.98 Å². The molecule has 0 saturated heterocycles. The van der Waals surface area contributed by atoms with Crippen molar-refractivity contribution in [1.29, 1.82) is 0 Å². The molecule has 0 spiro atoms. The summed E-state index contributed by atoms with van der Waals surface area (Å²) in [5, 5.41) is 11.2. The third kappa shape index (κ3) is 3.84. The summed E-state index contributed by atoms with van der Waals surface area (Å²) in [6, 6.07) is 7.58. The number of carbonyl (C=O) groups is 1. The van der Waals surface area contributed by atoms with Gasteiger partial charge >= 0.3 is 0 Å². The molecule has 26 heavy (non-hydrogen) atoms. The van der Waals surface area contributed by atoms with Gasteiger partial charge in [0.2, 0.25) is 17.6 Å². The molecule has 0 radical (unpaired) electrons. The Hall–Kier alpha value is -2.91. The molecule has 1 amide bonds. The van der Waals surface area contributed by atoms with Crippen molar-refractivity contribution in [2.24, 2.45) is 0 Å². The highest BCUT2D eigenvalue weighted by Crippen LogP contribution is 2.28. The van der Waals surface area contributed by atoms with Crippen molar-refractivity contribution in [1.82, 2.24) is 20.1 Å².